The number of benzene rings is 2. The molecule has 0 unspecified atom stereocenters. The van der Waals surface area contributed by atoms with Gasteiger partial charge in [-0.25, -0.2) is 4.39 Å². The predicted molar refractivity (Wildman–Crippen MR) is 134 cm³/mol. The fourth-order valence-electron chi connectivity index (χ4n) is 4.36. The number of nitrogen functional groups attached to an aromatic ring is 1. The number of fused-ring (bicyclic) bond motifs is 1. The first-order valence-corrected chi connectivity index (χ1v) is 11.5. The van der Waals surface area contributed by atoms with Crippen molar-refractivity contribution in [2.75, 3.05) is 13.2 Å². The number of amides is 1. The molecule has 1 aliphatic rings. The van der Waals surface area contributed by atoms with E-state index in [1.54, 1.807) is 52.2 Å². The van der Waals surface area contributed by atoms with E-state index in [4.69, 9.17) is 15.9 Å². The topological polar surface area (TPSA) is 110 Å². The smallest absolute Gasteiger partial charge is 0.256 e. The molecule has 0 saturated heterocycles. The molecule has 8 nitrogen and oxygen atoms in total. The molecule has 36 heavy (non-hydrogen) atoms. The van der Waals surface area contributed by atoms with Gasteiger partial charge in [-0.1, -0.05) is 0 Å². The number of rotatable bonds is 8. The number of carbonyl (C=O) groups excluding carboxylic acids is 1. The molecule has 0 spiro atoms. The van der Waals surface area contributed by atoms with E-state index in [0.717, 1.165) is 22.4 Å². The summed E-state index contributed by atoms with van der Waals surface area (Å²) in [5.41, 5.74) is 10.4. The predicted octanol–water partition coefficient (Wildman–Crippen LogP) is 4.00. The van der Waals surface area contributed by atoms with Gasteiger partial charge in [0.05, 0.1) is 24.4 Å². The fourth-order valence-corrected chi connectivity index (χ4v) is 4.36. The lowest BCUT2D eigenvalue weighted by atomic mass is 9.97. The minimum absolute atomic E-state index is 0.0118. The number of pyridine rings is 1. The number of aromatic nitrogens is 3. The normalized spacial score (nSPS) is 12.6. The van der Waals surface area contributed by atoms with Gasteiger partial charge in [-0.3, -0.25) is 19.9 Å². The molecule has 1 aliphatic heterocycles. The van der Waals surface area contributed by atoms with Crippen LogP contribution in [0.2, 0.25) is 0 Å². The van der Waals surface area contributed by atoms with E-state index in [-0.39, 0.29) is 17.6 Å². The highest BCUT2D eigenvalue weighted by Gasteiger charge is 2.32. The summed E-state index contributed by atoms with van der Waals surface area (Å²) in [6, 6.07) is 15.0. The fraction of sp³-hybridized carbons (Fsp3) is 0.185. The largest absolute Gasteiger partial charge is 0.494 e. The molecular formula is C27H25FN6O2. The molecular weight excluding hydrogens is 459 g/mol. The summed E-state index contributed by atoms with van der Waals surface area (Å²) in [6.07, 6.45) is 4.23. The first-order valence-electron chi connectivity index (χ1n) is 11.5. The quantitative estimate of drug-likeness (QED) is 0.223. The van der Waals surface area contributed by atoms with Gasteiger partial charge in [-0.15, -0.1) is 0 Å². The van der Waals surface area contributed by atoms with Gasteiger partial charge in [-0.05, 0) is 61.0 Å². The van der Waals surface area contributed by atoms with Gasteiger partial charge >= 0.3 is 0 Å². The molecule has 2 aromatic heterocycles. The highest BCUT2D eigenvalue weighted by molar-refractivity contribution is 6.05. The molecule has 1 amide bonds. The second-order valence-electron chi connectivity index (χ2n) is 8.62. The molecule has 0 fully saturated rings. The minimum Gasteiger partial charge on any atom is -0.494 e. The minimum atomic E-state index is -0.316. The maximum absolute atomic E-state index is 13.5. The van der Waals surface area contributed by atoms with Gasteiger partial charge in [0.1, 0.15) is 23.1 Å². The second kappa shape index (κ2) is 9.61. The summed E-state index contributed by atoms with van der Waals surface area (Å²) in [6.45, 7) is 1.40. The number of hydrogen-bond acceptors (Lipinski definition) is 5. The number of nitrogens with zero attached hydrogens (tertiary/aromatic N) is 4. The van der Waals surface area contributed by atoms with Gasteiger partial charge in [0.15, 0.2) is 0 Å². The Morgan fingerprint density at radius 3 is 2.58 bits per heavy atom. The van der Waals surface area contributed by atoms with Crippen molar-refractivity contribution in [1.29, 1.82) is 5.41 Å². The highest BCUT2D eigenvalue weighted by Crippen LogP contribution is 2.36. The van der Waals surface area contributed by atoms with Crippen LogP contribution in [0.25, 0.3) is 22.4 Å². The van der Waals surface area contributed by atoms with Crippen molar-refractivity contribution in [3.63, 3.8) is 0 Å². The van der Waals surface area contributed by atoms with Crippen molar-refractivity contribution in [3.8, 4) is 28.1 Å². The number of hydrogen-bond donors (Lipinski definition) is 2. The van der Waals surface area contributed by atoms with Crippen LogP contribution in [0.3, 0.4) is 0 Å². The lowest BCUT2D eigenvalue weighted by molar-refractivity contribution is 0.0770. The Morgan fingerprint density at radius 1 is 1.11 bits per heavy atom. The van der Waals surface area contributed by atoms with E-state index in [2.05, 4.69) is 10.1 Å². The van der Waals surface area contributed by atoms with E-state index in [9.17, 15) is 9.18 Å². The van der Waals surface area contributed by atoms with Crippen molar-refractivity contribution in [3.05, 3.63) is 89.6 Å². The molecule has 0 atom stereocenters. The van der Waals surface area contributed by atoms with E-state index in [0.29, 0.717) is 48.7 Å². The maximum Gasteiger partial charge on any atom is 0.256 e. The van der Waals surface area contributed by atoms with Crippen LogP contribution in [0.4, 0.5) is 4.39 Å². The van der Waals surface area contributed by atoms with Gasteiger partial charge in [0, 0.05) is 48.2 Å². The summed E-state index contributed by atoms with van der Waals surface area (Å²) in [7, 11) is 1.82. The summed E-state index contributed by atoms with van der Waals surface area (Å²) in [5.74, 6) is 0.305. The van der Waals surface area contributed by atoms with Crippen molar-refractivity contribution < 1.29 is 13.9 Å². The number of amidine groups is 1. The van der Waals surface area contributed by atoms with Crippen LogP contribution in [0, 0.1) is 11.2 Å². The number of nitrogens with two attached hydrogens (primary N) is 1. The third kappa shape index (κ3) is 4.55. The molecule has 0 bridgehead atoms. The Bertz CT molecular complexity index is 1430. The Kier molecular flexibility index (Phi) is 6.20. The van der Waals surface area contributed by atoms with Gasteiger partial charge < -0.3 is 15.4 Å². The van der Waals surface area contributed by atoms with Crippen LogP contribution in [-0.4, -0.2) is 44.6 Å². The molecule has 2 aromatic carbocycles. The van der Waals surface area contributed by atoms with Crippen molar-refractivity contribution >= 4 is 11.7 Å². The van der Waals surface area contributed by atoms with Crippen LogP contribution < -0.4 is 10.5 Å². The monoisotopic (exact) mass is 484 g/mol. The molecule has 0 saturated carbocycles. The molecule has 5 rings (SSSR count). The number of nitrogens with one attached hydrogen (secondary N) is 1. The second-order valence-corrected chi connectivity index (χ2v) is 8.62. The molecule has 182 valence electrons. The summed E-state index contributed by atoms with van der Waals surface area (Å²) in [5, 5.41) is 12.0. The van der Waals surface area contributed by atoms with Crippen LogP contribution in [-0.2, 0) is 13.6 Å². The SMILES string of the molecule is Cn1cc(-c2ccnc3c2C(=O)N(CCCOc2ccc(C(=N)N)cc2)C3)c(-c2ccc(F)cc2)n1. The molecule has 9 heteroatoms. The van der Waals surface area contributed by atoms with Crippen LogP contribution in [0.5, 0.6) is 5.75 Å². The summed E-state index contributed by atoms with van der Waals surface area (Å²) in [4.78, 5) is 19.6. The van der Waals surface area contributed by atoms with Gasteiger partial charge in [0.25, 0.3) is 5.91 Å². The first-order chi connectivity index (χ1) is 17.4. The van der Waals surface area contributed by atoms with Crippen molar-refractivity contribution in [2.24, 2.45) is 12.8 Å². The molecule has 0 radical (unpaired) electrons. The van der Waals surface area contributed by atoms with Crippen LogP contribution in [0.1, 0.15) is 28.0 Å². The number of ether oxygens (including phenoxy) is 1. The molecule has 0 aliphatic carbocycles. The number of aryl methyl sites for hydroxylation is 1. The summed E-state index contributed by atoms with van der Waals surface area (Å²) >= 11 is 0. The zero-order chi connectivity index (χ0) is 25.2. The average Bonchev–Trinajstić information content (AvgIpc) is 3.42. The van der Waals surface area contributed by atoms with Gasteiger partial charge in [0.2, 0.25) is 0 Å². The lowest BCUT2D eigenvalue weighted by Crippen LogP contribution is -2.26. The highest BCUT2D eigenvalue weighted by atomic mass is 19.1. The third-order valence-electron chi connectivity index (χ3n) is 6.11. The zero-order valence-corrected chi connectivity index (χ0v) is 19.7. The third-order valence-corrected chi connectivity index (χ3v) is 6.11. The first kappa shape index (κ1) is 23.2. The summed E-state index contributed by atoms with van der Waals surface area (Å²) < 4.78 is 20.9. The zero-order valence-electron chi connectivity index (χ0n) is 19.7. The lowest BCUT2D eigenvalue weighted by Gasteiger charge is -2.15. The van der Waals surface area contributed by atoms with E-state index in [1.807, 2.05) is 19.3 Å². The van der Waals surface area contributed by atoms with Crippen LogP contribution in [0.15, 0.2) is 67.0 Å². The molecule has 3 heterocycles. The Hall–Kier alpha value is -4.53. The Balaban J connectivity index is 1.30. The van der Waals surface area contributed by atoms with E-state index in [1.165, 1.54) is 12.1 Å². The average molecular weight is 485 g/mol. The Morgan fingerprint density at radius 2 is 1.86 bits per heavy atom. The maximum atomic E-state index is 13.5. The number of carbonyl (C=O) groups is 1. The number of halogens is 1. The standard InChI is InChI=1S/C27H25FN6O2/c1-33-15-22(25(32-33)17-3-7-19(28)8-4-17)21-11-12-31-23-16-34(27(35)24(21)23)13-2-14-36-20-9-5-18(6-10-20)26(29)30/h3-12,15H,2,13-14,16H2,1H3,(H3,29,30). The Labute approximate surface area is 207 Å². The van der Waals surface area contributed by atoms with E-state index < -0.39 is 0 Å². The molecule has 3 N–H and O–H groups in total. The van der Waals surface area contributed by atoms with Gasteiger partial charge in [-0.2, -0.15) is 5.10 Å². The van der Waals surface area contributed by atoms with Crippen LogP contribution >= 0.6 is 0 Å². The van der Waals surface area contributed by atoms with E-state index >= 15 is 0 Å². The van der Waals surface area contributed by atoms with Crippen molar-refractivity contribution in [1.82, 2.24) is 19.7 Å². The van der Waals surface area contributed by atoms with Crippen molar-refractivity contribution in [2.45, 2.75) is 13.0 Å². The molecule has 4 aromatic rings.